The Morgan fingerprint density at radius 3 is 2.58 bits per heavy atom. The highest BCUT2D eigenvalue weighted by atomic mass is 16.3. The fourth-order valence-electron chi connectivity index (χ4n) is 4.03. The number of hydrogen-bond acceptors (Lipinski definition) is 2. The molecular formula is C17H25NO. The molecule has 2 heteroatoms. The number of anilines is 1. The van der Waals surface area contributed by atoms with E-state index < -0.39 is 0 Å². The number of para-hydroxylation sites is 1. The lowest BCUT2D eigenvalue weighted by molar-refractivity contribution is 0.199. The van der Waals surface area contributed by atoms with Crippen LogP contribution in [-0.2, 0) is 0 Å². The van der Waals surface area contributed by atoms with Crippen LogP contribution in [0.3, 0.4) is 0 Å². The summed E-state index contributed by atoms with van der Waals surface area (Å²) < 4.78 is 0. The number of hydrogen-bond donors (Lipinski definition) is 1. The third-order valence-electron chi connectivity index (χ3n) is 4.94. The Morgan fingerprint density at radius 2 is 1.84 bits per heavy atom. The summed E-state index contributed by atoms with van der Waals surface area (Å²) in [7, 11) is 0. The van der Waals surface area contributed by atoms with Crippen LogP contribution in [-0.4, -0.2) is 17.7 Å². The number of benzene rings is 1. The van der Waals surface area contributed by atoms with Gasteiger partial charge in [-0.2, -0.15) is 0 Å². The van der Waals surface area contributed by atoms with Crippen molar-refractivity contribution in [1.82, 2.24) is 0 Å². The fraction of sp³-hybridized carbons (Fsp3) is 0.647. The molecule has 0 amide bonds. The van der Waals surface area contributed by atoms with Crippen LogP contribution in [0, 0.1) is 5.92 Å². The number of rotatable bonds is 3. The molecule has 1 heterocycles. The largest absolute Gasteiger partial charge is 0.389 e. The van der Waals surface area contributed by atoms with Gasteiger partial charge in [0.2, 0.25) is 0 Å². The van der Waals surface area contributed by atoms with Gasteiger partial charge in [0.1, 0.15) is 0 Å². The normalized spacial score (nSPS) is 26.0. The van der Waals surface area contributed by atoms with Crippen LogP contribution in [0.2, 0.25) is 0 Å². The molecule has 1 saturated carbocycles. The van der Waals surface area contributed by atoms with E-state index in [1.54, 1.807) is 0 Å². The molecule has 0 spiro atoms. The van der Waals surface area contributed by atoms with Crippen molar-refractivity contribution in [1.29, 1.82) is 0 Å². The van der Waals surface area contributed by atoms with Gasteiger partial charge in [-0.1, -0.05) is 31.0 Å². The van der Waals surface area contributed by atoms with Crippen molar-refractivity contribution in [2.24, 2.45) is 5.92 Å². The second-order valence-electron chi connectivity index (χ2n) is 6.18. The molecular weight excluding hydrogens is 234 g/mol. The van der Waals surface area contributed by atoms with E-state index >= 15 is 0 Å². The Balaban J connectivity index is 1.87. The van der Waals surface area contributed by atoms with Crippen molar-refractivity contribution in [3.8, 4) is 0 Å². The summed E-state index contributed by atoms with van der Waals surface area (Å²) in [6.45, 7) is 3.03. The molecule has 2 fully saturated rings. The average molecular weight is 259 g/mol. The maximum atomic E-state index is 9.99. The predicted molar refractivity (Wildman–Crippen MR) is 79.4 cm³/mol. The predicted octanol–water partition coefficient (Wildman–Crippen LogP) is 3.90. The van der Waals surface area contributed by atoms with Crippen LogP contribution in [0.4, 0.5) is 5.69 Å². The van der Waals surface area contributed by atoms with E-state index in [0.29, 0.717) is 6.04 Å². The average Bonchev–Trinajstić information content (AvgIpc) is 3.09. The van der Waals surface area contributed by atoms with E-state index in [-0.39, 0.29) is 6.10 Å². The Kier molecular flexibility index (Phi) is 3.79. The molecule has 2 unspecified atom stereocenters. The van der Waals surface area contributed by atoms with E-state index in [4.69, 9.17) is 0 Å². The summed E-state index contributed by atoms with van der Waals surface area (Å²) in [4.78, 5) is 2.58. The summed E-state index contributed by atoms with van der Waals surface area (Å²) in [6.07, 6.45) is 7.88. The molecule has 19 heavy (non-hydrogen) atoms. The minimum Gasteiger partial charge on any atom is -0.389 e. The molecule has 1 aromatic carbocycles. The monoisotopic (exact) mass is 259 g/mol. The summed E-state index contributed by atoms with van der Waals surface area (Å²) in [5.74, 6) is 0.879. The van der Waals surface area contributed by atoms with Crippen LogP contribution in [0.25, 0.3) is 0 Å². The molecule has 2 atom stereocenters. The van der Waals surface area contributed by atoms with Gasteiger partial charge in [-0.25, -0.2) is 0 Å². The summed E-state index contributed by atoms with van der Waals surface area (Å²) in [5.41, 5.74) is 2.36. The first kappa shape index (κ1) is 13.0. The summed E-state index contributed by atoms with van der Waals surface area (Å²) >= 11 is 0. The number of aliphatic hydroxyl groups is 1. The van der Waals surface area contributed by atoms with Gasteiger partial charge in [0.25, 0.3) is 0 Å². The molecule has 2 aliphatic rings. The lowest BCUT2D eigenvalue weighted by Crippen LogP contribution is -2.35. The zero-order valence-electron chi connectivity index (χ0n) is 11.9. The smallest absolute Gasteiger partial charge is 0.0781 e. The maximum Gasteiger partial charge on any atom is 0.0781 e. The van der Waals surface area contributed by atoms with Gasteiger partial charge in [0.15, 0.2) is 0 Å². The van der Waals surface area contributed by atoms with E-state index in [9.17, 15) is 5.11 Å². The van der Waals surface area contributed by atoms with Crippen LogP contribution in [0.15, 0.2) is 24.3 Å². The Hall–Kier alpha value is -1.02. The fourth-order valence-corrected chi connectivity index (χ4v) is 4.03. The molecule has 1 aliphatic carbocycles. The third kappa shape index (κ3) is 2.51. The SMILES string of the molecule is CC(O)c1ccccc1N1CCCC1C1CCCC1. The lowest BCUT2D eigenvalue weighted by Gasteiger charge is -2.33. The molecule has 1 N–H and O–H groups in total. The maximum absolute atomic E-state index is 9.99. The van der Waals surface area contributed by atoms with Crippen LogP contribution in [0.5, 0.6) is 0 Å². The second kappa shape index (κ2) is 5.54. The van der Waals surface area contributed by atoms with Crippen molar-refractivity contribution >= 4 is 5.69 Å². The van der Waals surface area contributed by atoms with Gasteiger partial charge < -0.3 is 10.0 Å². The molecule has 0 aromatic heterocycles. The minimum absolute atomic E-state index is 0.374. The van der Waals surface area contributed by atoms with Crippen LogP contribution < -0.4 is 4.90 Å². The molecule has 3 rings (SSSR count). The van der Waals surface area contributed by atoms with E-state index in [0.717, 1.165) is 18.0 Å². The summed E-state index contributed by atoms with van der Waals surface area (Å²) in [5, 5.41) is 9.99. The minimum atomic E-state index is -0.374. The van der Waals surface area contributed by atoms with Crippen LogP contribution in [0.1, 0.15) is 57.1 Å². The number of nitrogens with zero attached hydrogens (tertiary/aromatic N) is 1. The molecule has 0 radical (unpaired) electrons. The third-order valence-corrected chi connectivity index (χ3v) is 4.94. The topological polar surface area (TPSA) is 23.5 Å². The molecule has 1 aromatic rings. The van der Waals surface area contributed by atoms with Gasteiger partial charge >= 0.3 is 0 Å². The van der Waals surface area contributed by atoms with Gasteiger partial charge in [-0.05, 0) is 44.6 Å². The van der Waals surface area contributed by atoms with Gasteiger partial charge in [-0.3, -0.25) is 0 Å². The van der Waals surface area contributed by atoms with E-state index in [1.807, 2.05) is 13.0 Å². The van der Waals surface area contributed by atoms with Crippen LogP contribution >= 0.6 is 0 Å². The first-order valence-electron chi connectivity index (χ1n) is 7.81. The van der Waals surface area contributed by atoms with Crippen molar-refractivity contribution in [2.75, 3.05) is 11.4 Å². The zero-order valence-corrected chi connectivity index (χ0v) is 11.9. The highest BCUT2D eigenvalue weighted by molar-refractivity contribution is 5.56. The van der Waals surface area contributed by atoms with E-state index in [1.165, 1.54) is 44.2 Å². The number of aliphatic hydroxyl groups excluding tert-OH is 1. The van der Waals surface area contributed by atoms with Crippen molar-refractivity contribution in [3.05, 3.63) is 29.8 Å². The standard InChI is InChI=1S/C17H25NO/c1-13(19)15-9-4-5-10-17(15)18-12-6-11-16(18)14-7-2-3-8-14/h4-5,9-10,13-14,16,19H,2-3,6-8,11-12H2,1H3. The van der Waals surface area contributed by atoms with E-state index in [2.05, 4.69) is 23.1 Å². The first-order valence-corrected chi connectivity index (χ1v) is 7.81. The summed E-state index contributed by atoms with van der Waals surface area (Å²) in [6, 6.07) is 9.11. The Labute approximate surface area is 116 Å². The second-order valence-corrected chi connectivity index (χ2v) is 6.18. The van der Waals surface area contributed by atoms with Gasteiger partial charge in [0.05, 0.1) is 6.10 Å². The lowest BCUT2D eigenvalue weighted by atomic mass is 9.95. The first-order chi connectivity index (χ1) is 9.27. The molecule has 2 nitrogen and oxygen atoms in total. The van der Waals surface area contributed by atoms with Gasteiger partial charge in [-0.15, -0.1) is 0 Å². The molecule has 1 saturated heterocycles. The Morgan fingerprint density at radius 1 is 1.11 bits per heavy atom. The highest BCUT2D eigenvalue weighted by Crippen LogP contribution is 2.39. The quantitative estimate of drug-likeness (QED) is 0.890. The molecule has 1 aliphatic heterocycles. The van der Waals surface area contributed by atoms with Crippen molar-refractivity contribution < 1.29 is 5.11 Å². The van der Waals surface area contributed by atoms with Crippen molar-refractivity contribution in [2.45, 2.75) is 57.6 Å². The van der Waals surface area contributed by atoms with Crippen molar-refractivity contribution in [3.63, 3.8) is 0 Å². The Bertz CT molecular complexity index is 423. The molecule has 104 valence electrons. The zero-order chi connectivity index (χ0) is 13.2. The van der Waals surface area contributed by atoms with Gasteiger partial charge in [0, 0.05) is 23.8 Å². The highest BCUT2D eigenvalue weighted by Gasteiger charge is 2.34. The molecule has 0 bridgehead atoms.